The van der Waals surface area contributed by atoms with E-state index in [0.29, 0.717) is 18.2 Å². The normalized spacial score (nSPS) is 14.7. The zero-order chi connectivity index (χ0) is 18.8. The van der Waals surface area contributed by atoms with Crippen molar-refractivity contribution in [1.82, 2.24) is 4.90 Å². The molecule has 1 fully saturated rings. The molecule has 4 nitrogen and oxygen atoms in total. The summed E-state index contributed by atoms with van der Waals surface area (Å²) in [6, 6.07) is 5.45. The van der Waals surface area contributed by atoms with Crippen LogP contribution in [0.1, 0.15) is 63.0 Å². The maximum absolute atomic E-state index is 12.2. The summed E-state index contributed by atoms with van der Waals surface area (Å²) in [6.07, 6.45) is 5.98. The fourth-order valence-corrected chi connectivity index (χ4v) is 3.61. The monoisotopic (exact) mass is 357 g/mol. The molecule has 1 aliphatic rings. The van der Waals surface area contributed by atoms with Gasteiger partial charge in [0.15, 0.2) is 6.61 Å². The molecule has 1 aromatic carbocycles. The first kappa shape index (κ1) is 20.3. The second kappa shape index (κ2) is 10.9. The minimum Gasteiger partial charge on any atom is -0.508 e. The summed E-state index contributed by atoms with van der Waals surface area (Å²) < 4.78 is 5.26. The molecule has 4 heteroatoms. The number of esters is 1. The number of benzene rings is 1. The molecule has 0 bridgehead atoms. The van der Waals surface area contributed by atoms with Crippen molar-refractivity contribution in [3.8, 4) is 17.6 Å². The van der Waals surface area contributed by atoms with Gasteiger partial charge in [0.1, 0.15) is 5.75 Å². The molecule has 0 amide bonds. The van der Waals surface area contributed by atoms with E-state index in [0.717, 1.165) is 37.1 Å². The van der Waals surface area contributed by atoms with Crippen LogP contribution < -0.4 is 0 Å². The molecule has 0 heterocycles. The summed E-state index contributed by atoms with van der Waals surface area (Å²) in [4.78, 5) is 14.4. The fourth-order valence-electron chi connectivity index (χ4n) is 3.61. The first-order valence-corrected chi connectivity index (χ1v) is 9.80. The van der Waals surface area contributed by atoms with E-state index in [2.05, 4.69) is 30.6 Å². The number of nitrogens with zero attached hydrogens (tertiary/aromatic N) is 1. The highest BCUT2D eigenvalue weighted by molar-refractivity contribution is 5.73. The molecule has 1 aromatic rings. The largest absolute Gasteiger partial charge is 0.508 e. The van der Waals surface area contributed by atoms with Crippen molar-refractivity contribution >= 4 is 5.97 Å². The molecule has 26 heavy (non-hydrogen) atoms. The summed E-state index contributed by atoms with van der Waals surface area (Å²) >= 11 is 0. The lowest BCUT2D eigenvalue weighted by Gasteiger charge is -2.25. The van der Waals surface area contributed by atoms with E-state index < -0.39 is 0 Å². The molecule has 0 unspecified atom stereocenters. The summed E-state index contributed by atoms with van der Waals surface area (Å²) in [6.45, 7) is 6.95. The van der Waals surface area contributed by atoms with Crippen LogP contribution in [0.3, 0.4) is 0 Å². The molecular formula is C22H31NO3. The molecule has 2 rings (SSSR count). The molecule has 0 aromatic heterocycles. The van der Waals surface area contributed by atoms with Gasteiger partial charge in [0, 0.05) is 5.56 Å². The third-order valence-electron chi connectivity index (χ3n) is 5.15. The Morgan fingerprint density at radius 3 is 2.62 bits per heavy atom. The average molecular weight is 357 g/mol. The Labute approximate surface area is 157 Å². The van der Waals surface area contributed by atoms with Gasteiger partial charge in [-0.15, -0.1) is 0 Å². The third-order valence-corrected chi connectivity index (χ3v) is 5.15. The van der Waals surface area contributed by atoms with E-state index in [1.807, 2.05) is 6.07 Å². The Balaban J connectivity index is 1.91. The number of ether oxygens (including phenoxy) is 1. The van der Waals surface area contributed by atoms with E-state index in [-0.39, 0.29) is 19.0 Å². The van der Waals surface area contributed by atoms with Crippen LogP contribution in [0.4, 0.5) is 0 Å². The minimum absolute atomic E-state index is 0.123. The molecule has 1 saturated carbocycles. The summed E-state index contributed by atoms with van der Waals surface area (Å²) in [7, 11) is 0. The van der Waals surface area contributed by atoms with E-state index in [4.69, 9.17) is 4.74 Å². The van der Waals surface area contributed by atoms with Gasteiger partial charge < -0.3 is 9.84 Å². The van der Waals surface area contributed by atoms with Gasteiger partial charge in [-0.3, -0.25) is 9.69 Å². The first-order valence-electron chi connectivity index (χ1n) is 9.80. The number of hydrogen-bond donors (Lipinski definition) is 1. The molecule has 0 spiro atoms. The predicted octanol–water partition coefficient (Wildman–Crippen LogP) is 3.87. The van der Waals surface area contributed by atoms with E-state index in [1.54, 1.807) is 12.1 Å². The Kier molecular flexibility index (Phi) is 8.50. The topological polar surface area (TPSA) is 49.8 Å². The second-order valence-electron chi connectivity index (χ2n) is 6.84. The number of phenolic OH excluding ortho intramolecular Hbond substituents is 1. The van der Waals surface area contributed by atoms with Crippen LogP contribution in [-0.2, 0) is 16.0 Å². The summed E-state index contributed by atoms with van der Waals surface area (Å²) in [5, 5.41) is 10.3. The number of carbonyl (C=O) groups is 1. The second-order valence-corrected chi connectivity index (χ2v) is 6.84. The third kappa shape index (κ3) is 6.07. The van der Waals surface area contributed by atoms with Crippen LogP contribution in [0, 0.1) is 11.8 Å². The molecule has 0 aliphatic heterocycles. The number of rotatable bonds is 7. The van der Waals surface area contributed by atoms with Crippen molar-refractivity contribution in [2.45, 2.75) is 58.3 Å². The van der Waals surface area contributed by atoms with E-state index >= 15 is 0 Å². The van der Waals surface area contributed by atoms with Crippen LogP contribution >= 0.6 is 0 Å². The highest BCUT2D eigenvalue weighted by Crippen LogP contribution is 2.39. The van der Waals surface area contributed by atoms with Gasteiger partial charge in [0.25, 0.3) is 0 Å². The zero-order valence-corrected chi connectivity index (χ0v) is 16.1. The Bertz CT molecular complexity index is 635. The van der Waals surface area contributed by atoms with Gasteiger partial charge in [-0.1, -0.05) is 57.1 Å². The van der Waals surface area contributed by atoms with Gasteiger partial charge >= 0.3 is 5.97 Å². The number of phenols is 1. The van der Waals surface area contributed by atoms with Crippen molar-refractivity contribution < 1.29 is 14.6 Å². The van der Waals surface area contributed by atoms with Crippen LogP contribution in [0.2, 0.25) is 0 Å². The van der Waals surface area contributed by atoms with Crippen molar-refractivity contribution in [3.05, 3.63) is 29.3 Å². The van der Waals surface area contributed by atoms with Crippen LogP contribution in [-0.4, -0.2) is 42.2 Å². The van der Waals surface area contributed by atoms with Gasteiger partial charge in [-0.05, 0) is 43.5 Å². The maximum Gasteiger partial charge on any atom is 0.311 e. The Morgan fingerprint density at radius 2 is 1.92 bits per heavy atom. The lowest BCUT2D eigenvalue weighted by Crippen LogP contribution is -2.23. The highest BCUT2D eigenvalue weighted by Gasteiger charge is 2.22. The van der Waals surface area contributed by atoms with Gasteiger partial charge in [-0.2, -0.15) is 0 Å². The lowest BCUT2D eigenvalue weighted by molar-refractivity contribution is -0.141. The van der Waals surface area contributed by atoms with Gasteiger partial charge in [0.2, 0.25) is 0 Å². The van der Waals surface area contributed by atoms with Gasteiger partial charge in [0.05, 0.1) is 13.0 Å². The fraction of sp³-hybridized carbons (Fsp3) is 0.591. The molecule has 1 N–H and O–H groups in total. The van der Waals surface area contributed by atoms with Crippen molar-refractivity contribution in [2.75, 3.05) is 26.2 Å². The highest BCUT2D eigenvalue weighted by atomic mass is 16.5. The standard InChI is InChI=1S/C22H31NO3/c1-3-23(4-2)15-8-9-16-26-21(25)17-19-13-10-14-20(24)22(19)18-11-6-5-7-12-18/h10,13-14,18,24H,3-7,11-12,15-17H2,1-2H3. The van der Waals surface area contributed by atoms with E-state index in [1.165, 1.54) is 19.3 Å². The molecule has 0 saturated heterocycles. The van der Waals surface area contributed by atoms with E-state index in [9.17, 15) is 9.90 Å². The number of aromatic hydroxyl groups is 1. The number of hydrogen-bond acceptors (Lipinski definition) is 4. The maximum atomic E-state index is 12.2. The molecule has 142 valence electrons. The minimum atomic E-state index is -0.287. The molecule has 1 aliphatic carbocycles. The smallest absolute Gasteiger partial charge is 0.311 e. The first-order chi connectivity index (χ1) is 12.7. The van der Waals surface area contributed by atoms with Crippen LogP contribution in [0.15, 0.2) is 18.2 Å². The Morgan fingerprint density at radius 1 is 1.19 bits per heavy atom. The van der Waals surface area contributed by atoms with Crippen LogP contribution in [0.5, 0.6) is 5.75 Å². The summed E-state index contributed by atoms with van der Waals surface area (Å²) in [5.74, 6) is 6.31. The summed E-state index contributed by atoms with van der Waals surface area (Å²) in [5.41, 5.74) is 1.83. The number of carbonyl (C=O) groups excluding carboxylic acids is 1. The van der Waals surface area contributed by atoms with Crippen molar-refractivity contribution in [2.24, 2.45) is 0 Å². The zero-order valence-electron chi connectivity index (χ0n) is 16.1. The Hall–Kier alpha value is -1.99. The molecule has 0 radical (unpaired) electrons. The van der Waals surface area contributed by atoms with Gasteiger partial charge in [-0.25, -0.2) is 0 Å². The molecule has 0 atom stereocenters. The lowest BCUT2D eigenvalue weighted by atomic mass is 9.81. The average Bonchev–Trinajstić information content (AvgIpc) is 2.65. The van der Waals surface area contributed by atoms with Crippen molar-refractivity contribution in [3.63, 3.8) is 0 Å². The molecular weight excluding hydrogens is 326 g/mol. The predicted molar refractivity (Wildman–Crippen MR) is 104 cm³/mol. The van der Waals surface area contributed by atoms with Crippen molar-refractivity contribution in [1.29, 1.82) is 0 Å². The quantitative estimate of drug-likeness (QED) is 0.594. The SMILES string of the molecule is CCN(CC)CC#CCOC(=O)Cc1cccc(O)c1C1CCCCC1. The van der Waals surface area contributed by atoms with Crippen LogP contribution in [0.25, 0.3) is 0 Å².